The zero-order chi connectivity index (χ0) is 26.4. The van der Waals surface area contributed by atoms with Crippen LogP contribution in [-0.2, 0) is 17.8 Å². The molecule has 1 fully saturated rings. The van der Waals surface area contributed by atoms with E-state index in [1.165, 1.54) is 11.1 Å². The van der Waals surface area contributed by atoms with Gasteiger partial charge in [-0.3, -0.25) is 9.69 Å². The van der Waals surface area contributed by atoms with Crippen LogP contribution in [0.5, 0.6) is 5.75 Å². The topological polar surface area (TPSA) is 78.9 Å². The predicted octanol–water partition coefficient (Wildman–Crippen LogP) is 5.81. The van der Waals surface area contributed by atoms with Crippen molar-refractivity contribution in [3.05, 3.63) is 99.0 Å². The van der Waals surface area contributed by atoms with Gasteiger partial charge in [-0.05, 0) is 72.8 Å². The van der Waals surface area contributed by atoms with Crippen LogP contribution >= 0.6 is 23.2 Å². The van der Waals surface area contributed by atoms with Crippen LogP contribution < -0.4 is 10.1 Å². The standard InChI is InChI=1S/C29H30Cl2N2O4/c1-37-23-11-7-20(8-12-23)18-33-15-13-22(14-16-33)21-9-5-19(6-10-21)17-26(29(35)36)32-28(34)27-24(30)3-2-4-25(27)31/h2-12,22,26H,13-18H2,1H3,(H,32,34)(H,35,36)/t26-/m0/s1. The fourth-order valence-corrected chi connectivity index (χ4v) is 5.29. The van der Waals surface area contributed by atoms with Gasteiger partial charge in [-0.1, -0.05) is 65.7 Å². The zero-order valence-corrected chi connectivity index (χ0v) is 22.1. The SMILES string of the molecule is COc1ccc(CN2CCC(c3ccc(C[C@H](NC(=O)c4c(Cl)cccc4Cl)C(=O)O)cc3)CC2)cc1. The van der Waals surface area contributed by atoms with Gasteiger partial charge in [0.2, 0.25) is 0 Å². The van der Waals surface area contributed by atoms with Crippen molar-refractivity contribution in [3.8, 4) is 5.75 Å². The third-order valence-corrected chi connectivity index (χ3v) is 7.47. The number of carbonyl (C=O) groups is 2. The van der Waals surface area contributed by atoms with Crippen molar-refractivity contribution in [3.63, 3.8) is 0 Å². The predicted molar refractivity (Wildman–Crippen MR) is 146 cm³/mol. The van der Waals surface area contributed by atoms with Crippen LogP contribution in [0.2, 0.25) is 10.0 Å². The first-order valence-corrected chi connectivity index (χ1v) is 13.0. The van der Waals surface area contributed by atoms with Gasteiger partial charge >= 0.3 is 5.97 Å². The number of aliphatic carboxylic acids is 1. The largest absolute Gasteiger partial charge is 0.497 e. The number of carboxylic acids is 1. The number of carboxylic acid groups (broad SMARTS) is 1. The minimum Gasteiger partial charge on any atom is -0.497 e. The lowest BCUT2D eigenvalue weighted by Gasteiger charge is -2.32. The fourth-order valence-electron chi connectivity index (χ4n) is 4.72. The molecule has 0 bridgehead atoms. The summed E-state index contributed by atoms with van der Waals surface area (Å²) in [4.78, 5) is 27.0. The van der Waals surface area contributed by atoms with E-state index in [9.17, 15) is 14.7 Å². The van der Waals surface area contributed by atoms with E-state index >= 15 is 0 Å². The highest BCUT2D eigenvalue weighted by molar-refractivity contribution is 6.39. The Kier molecular flexibility index (Phi) is 9.09. The van der Waals surface area contributed by atoms with Crippen LogP contribution in [0.4, 0.5) is 0 Å². The van der Waals surface area contributed by atoms with Crippen molar-refractivity contribution in [2.75, 3.05) is 20.2 Å². The van der Waals surface area contributed by atoms with E-state index in [-0.39, 0.29) is 22.0 Å². The number of amides is 1. The highest BCUT2D eigenvalue weighted by atomic mass is 35.5. The van der Waals surface area contributed by atoms with Crippen LogP contribution in [0.3, 0.4) is 0 Å². The Morgan fingerprint density at radius 3 is 2.14 bits per heavy atom. The Labute approximate surface area is 227 Å². The lowest BCUT2D eigenvalue weighted by molar-refractivity contribution is -0.139. The highest BCUT2D eigenvalue weighted by Crippen LogP contribution is 2.29. The maximum atomic E-state index is 12.7. The van der Waals surface area contributed by atoms with E-state index in [0.29, 0.717) is 5.92 Å². The summed E-state index contributed by atoms with van der Waals surface area (Å²) in [5.74, 6) is -0.391. The molecule has 1 aliphatic rings. The zero-order valence-electron chi connectivity index (χ0n) is 20.6. The molecular formula is C29H30Cl2N2O4. The molecule has 0 radical (unpaired) electrons. The number of nitrogens with zero attached hydrogens (tertiary/aromatic N) is 1. The molecule has 0 aromatic heterocycles. The van der Waals surface area contributed by atoms with Gasteiger partial charge in [0.05, 0.1) is 22.7 Å². The van der Waals surface area contributed by atoms with Crippen molar-refractivity contribution in [1.29, 1.82) is 0 Å². The summed E-state index contributed by atoms with van der Waals surface area (Å²) in [6.07, 6.45) is 2.30. The van der Waals surface area contributed by atoms with Gasteiger partial charge in [0.25, 0.3) is 5.91 Å². The number of ether oxygens (including phenoxy) is 1. The number of methoxy groups -OCH3 is 1. The van der Waals surface area contributed by atoms with E-state index in [1.54, 1.807) is 25.3 Å². The second-order valence-electron chi connectivity index (χ2n) is 9.31. The summed E-state index contributed by atoms with van der Waals surface area (Å²) in [5.41, 5.74) is 3.44. The van der Waals surface area contributed by atoms with Crippen molar-refractivity contribution < 1.29 is 19.4 Å². The molecule has 0 spiro atoms. The summed E-state index contributed by atoms with van der Waals surface area (Å²) >= 11 is 12.2. The summed E-state index contributed by atoms with van der Waals surface area (Å²) in [5, 5.41) is 12.6. The van der Waals surface area contributed by atoms with Crippen molar-refractivity contribution >= 4 is 35.1 Å². The van der Waals surface area contributed by atoms with Crippen LogP contribution in [0.1, 0.15) is 45.8 Å². The second kappa shape index (κ2) is 12.5. The molecule has 3 aromatic carbocycles. The van der Waals surface area contributed by atoms with Gasteiger partial charge in [0.1, 0.15) is 11.8 Å². The maximum Gasteiger partial charge on any atom is 0.326 e. The minimum atomic E-state index is -1.12. The molecule has 0 unspecified atom stereocenters. The first-order valence-electron chi connectivity index (χ1n) is 12.3. The molecular weight excluding hydrogens is 511 g/mol. The van der Waals surface area contributed by atoms with Crippen LogP contribution in [-0.4, -0.2) is 48.1 Å². The normalized spacial score (nSPS) is 15.2. The number of nitrogens with one attached hydrogen (secondary N) is 1. The molecule has 6 nitrogen and oxygen atoms in total. The first kappa shape index (κ1) is 27.0. The van der Waals surface area contributed by atoms with E-state index in [0.717, 1.165) is 43.8 Å². The minimum absolute atomic E-state index is 0.0748. The molecule has 3 aromatic rings. The van der Waals surface area contributed by atoms with Crippen molar-refractivity contribution in [2.45, 2.75) is 37.8 Å². The third-order valence-electron chi connectivity index (χ3n) is 6.84. The summed E-state index contributed by atoms with van der Waals surface area (Å²) in [6.45, 7) is 2.98. The number of hydrogen-bond acceptors (Lipinski definition) is 4. The highest BCUT2D eigenvalue weighted by Gasteiger charge is 2.25. The second-order valence-corrected chi connectivity index (χ2v) is 10.1. The smallest absolute Gasteiger partial charge is 0.326 e. The number of piperidine rings is 1. The number of hydrogen-bond donors (Lipinski definition) is 2. The molecule has 37 heavy (non-hydrogen) atoms. The summed E-state index contributed by atoms with van der Waals surface area (Å²) in [6, 6.07) is 19.9. The van der Waals surface area contributed by atoms with Crippen molar-refractivity contribution in [1.82, 2.24) is 10.2 Å². The monoisotopic (exact) mass is 540 g/mol. The number of rotatable bonds is 9. The van der Waals surface area contributed by atoms with Crippen LogP contribution in [0, 0.1) is 0 Å². The average Bonchev–Trinajstić information content (AvgIpc) is 2.89. The molecule has 0 saturated carbocycles. The van der Waals surface area contributed by atoms with Gasteiger partial charge in [-0.15, -0.1) is 0 Å². The molecule has 0 aliphatic carbocycles. The Hall–Kier alpha value is -3.06. The molecule has 1 heterocycles. The number of benzene rings is 3. The van der Waals surface area contributed by atoms with Gasteiger partial charge in [-0.25, -0.2) is 4.79 Å². The van der Waals surface area contributed by atoms with E-state index in [4.69, 9.17) is 27.9 Å². The number of halogens is 2. The van der Waals surface area contributed by atoms with Crippen molar-refractivity contribution in [2.24, 2.45) is 0 Å². The van der Waals surface area contributed by atoms with Gasteiger partial charge in [0, 0.05) is 13.0 Å². The first-order chi connectivity index (χ1) is 17.8. The number of likely N-dealkylation sites (tertiary alicyclic amines) is 1. The Morgan fingerprint density at radius 2 is 1.57 bits per heavy atom. The van der Waals surface area contributed by atoms with E-state index < -0.39 is 17.9 Å². The fraction of sp³-hybridized carbons (Fsp3) is 0.310. The lowest BCUT2D eigenvalue weighted by Crippen LogP contribution is -2.42. The van der Waals surface area contributed by atoms with Gasteiger partial charge < -0.3 is 15.2 Å². The van der Waals surface area contributed by atoms with E-state index in [1.807, 2.05) is 24.3 Å². The Bertz CT molecular complexity index is 1200. The Morgan fingerprint density at radius 1 is 0.973 bits per heavy atom. The molecule has 1 atom stereocenters. The maximum absolute atomic E-state index is 12.7. The van der Waals surface area contributed by atoms with Crippen LogP contribution in [0.15, 0.2) is 66.7 Å². The van der Waals surface area contributed by atoms with Crippen LogP contribution in [0.25, 0.3) is 0 Å². The Balaban J connectivity index is 1.32. The molecule has 4 rings (SSSR count). The summed E-state index contributed by atoms with van der Waals surface area (Å²) in [7, 11) is 1.67. The molecule has 1 amide bonds. The molecule has 2 N–H and O–H groups in total. The molecule has 1 saturated heterocycles. The molecule has 8 heteroatoms. The third kappa shape index (κ3) is 7.04. The summed E-state index contributed by atoms with van der Waals surface area (Å²) < 4.78 is 5.24. The average molecular weight is 541 g/mol. The molecule has 194 valence electrons. The lowest BCUT2D eigenvalue weighted by atomic mass is 9.88. The van der Waals surface area contributed by atoms with E-state index in [2.05, 4.69) is 34.5 Å². The van der Waals surface area contributed by atoms with Gasteiger partial charge in [0.15, 0.2) is 0 Å². The quantitative estimate of drug-likeness (QED) is 0.358. The number of carbonyl (C=O) groups excluding carboxylic acids is 1. The molecule has 1 aliphatic heterocycles. The van der Waals surface area contributed by atoms with Gasteiger partial charge in [-0.2, -0.15) is 0 Å².